The number of hydrogen-bond donors (Lipinski definition) is 7. The van der Waals surface area contributed by atoms with Crippen LogP contribution in [-0.4, -0.2) is 72.7 Å². The van der Waals surface area contributed by atoms with Crippen LogP contribution in [0.3, 0.4) is 0 Å². The SMILES string of the molecule is O=C(c1cc(O)cc(O)c1)c1c(O)cc(O)cc1O[C@@H]1OC[C@H](O)[C@H](O)[C@H]1O. The van der Waals surface area contributed by atoms with Crippen molar-refractivity contribution in [1.29, 1.82) is 0 Å². The van der Waals surface area contributed by atoms with Crippen LogP contribution < -0.4 is 4.74 Å². The lowest BCUT2D eigenvalue weighted by Crippen LogP contribution is -2.54. The summed E-state index contributed by atoms with van der Waals surface area (Å²) in [5.74, 6) is -3.19. The molecule has 0 amide bonds. The fourth-order valence-corrected chi connectivity index (χ4v) is 2.79. The van der Waals surface area contributed by atoms with Crippen LogP contribution in [0.4, 0.5) is 0 Å². The predicted octanol–water partition coefficient (Wildman–Crippen LogP) is -0.442. The molecular weight excluding hydrogens is 376 g/mol. The Bertz CT molecular complexity index is 876. The van der Waals surface area contributed by atoms with E-state index < -0.39 is 64.7 Å². The monoisotopic (exact) mass is 394 g/mol. The first kappa shape index (κ1) is 19.7. The van der Waals surface area contributed by atoms with E-state index in [-0.39, 0.29) is 12.2 Å². The Balaban J connectivity index is 1.99. The van der Waals surface area contributed by atoms with Crippen molar-refractivity contribution in [1.82, 2.24) is 0 Å². The van der Waals surface area contributed by atoms with E-state index in [9.17, 15) is 40.5 Å². The van der Waals surface area contributed by atoms with Gasteiger partial charge in [0, 0.05) is 23.8 Å². The van der Waals surface area contributed by atoms with E-state index in [4.69, 9.17) is 9.47 Å². The van der Waals surface area contributed by atoms with Gasteiger partial charge in [0.1, 0.15) is 52.6 Å². The number of aliphatic hydroxyl groups is 3. The van der Waals surface area contributed by atoms with Crippen molar-refractivity contribution in [2.24, 2.45) is 0 Å². The molecule has 1 aliphatic rings. The van der Waals surface area contributed by atoms with E-state index in [0.29, 0.717) is 0 Å². The van der Waals surface area contributed by atoms with Gasteiger partial charge in [0.05, 0.1) is 6.61 Å². The van der Waals surface area contributed by atoms with Crippen LogP contribution in [0.1, 0.15) is 15.9 Å². The average Bonchev–Trinajstić information content (AvgIpc) is 2.60. The number of aromatic hydroxyl groups is 4. The zero-order valence-electron chi connectivity index (χ0n) is 14.3. The molecule has 7 N–H and O–H groups in total. The summed E-state index contributed by atoms with van der Waals surface area (Å²) in [5.41, 5.74) is -0.636. The smallest absolute Gasteiger partial charge is 0.228 e. The molecule has 1 heterocycles. The van der Waals surface area contributed by atoms with Gasteiger partial charge in [0.2, 0.25) is 12.1 Å². The third-order valence-electron chi connectivity index (χ3n) is 4.16. The molecule has 4 atom stereocenters. The number of carbonyl (C=O) groups is 1. The number of phenols is 4. The van der Waals surface area contributed by atoms with Crippen molar-refractivity contribution in [2.45, 2.75) is 24.6 Å². The Hall–Kier alpha value is -3.05. The molecule has 0 aromatic heterocycles. The number of benzene rings is 2. The van der Waals surface area contributed by atoms with Crippen LogP contribution in [0.25, 0.3) is 0 Å². The Morgan fingerprint density at radius 1 is 0.893 bits per heavy atom. The van der Waals surface area contributed by atoms with Crippen molar-refractivity contribution in [3.63, 3.8) is 0 Å². The van der Waals surface area contributed by atoms with E-state index in [0.717, 1.165) is 30.3 Å². The maximum atomic E-state index is 12.8. The van der Waals surface area contributed by atoms with E-state index >= 15 is 0 Å². The predicted molar refractivity (Wildman–Crippen MR) is 91.4 cm³/mol. The molecule has 0 bridgehead atoms. The first-order chi connectivity index (χ1) is 13.2. The summed E-state index contributed by atoms with van der Waals surface area (Å²) in [4.78, 5) is 12.8. The van der Waals surface area contributed by atoms with Gasteiger partial charge < -0.3 is 45.2 Å². The van der Waals surface area contributed by atoms with Crippen LogP contribution in [-0.2, 0) is 4.74 Å². The van der Waals surface area contributed by atoms with Crippen molar-refractivity contribution in [3.8, 4) is 28.7 Å². The van der Waals surface area contributed by atoms with Gasteiger partial charge in [0.25, 0.3) is 0 Å². The Kier molecular flexibility index (Phi) is 5.29. The molecule has 10 heteroatoms. The van der Waals surface area contributed by atoms with Gasteiger partial charge in [-0.25, -0.2) is 0 Å². The number of carbonyl (C=O) groups excluding carboxylic acids is 1. The minimum atomic E-state index is -1.68. The molecule has 1 saturated heterocycles. The Morgan fingerprint density at radius 2 is 1.50 bits per heavy atom. The van der Waals surface area contributed by atoms with Gasteiger partial charge in [-0.15, -0.1) is 0 Å². The van der Waals surface area contributed by atoms with Crippen LogP contribution in [0.15, 0.2) is 30.3 Å². The van der Waals surface area contributed by atoms with Crippen molar-refractivity contribution < 1.29 is 50.0 Å². The van der Waals surface area contributed by atoms with Gasteiger partial charge in [-0.1, -0.05) is 0 Å². The third-order valence-corrected chi connectivity index (χ3v) is 4.16. The molecule has 1 aliphatic heterocycles. The van der Waals surface area contributed by atoms with Crippen LogP contribution >= 0.6 is 0 Å². The van der Waals surface area contributed by atoms with Gasteiger partial charge in [-0.2, -0.15) is 0 Å². The fourth-order valence-electron chi connectivity index (χ4n) is 2.79. The lowest BCUT2D eigenvalue weighted by Gasteiger charge is -2.35. The van der Waals surface area contributed by atoms with E-state index in [1.807, 2.05) is 0 Å². The Labute approximate surface area is 158 Å². The topological polar surface area (TPSA) is 177 Å². The third kappa shape index (κ3) is 3.80. The van der Waals surface area contributed by atoms with Crippen LogP contribution in [0.5, 0.6) is 28.7 Å². The molecule has 0 unspecified atom stereocenters. The first-order valence-corrected chi connectivity index (χ1v) is 8.13. The molecule has 0 spiro atoms. The second-order valence-corrected chi connectivity index (χ2v) is 6.27. The highest BCUT2D eigenvalue weighted by atomic mass is 16.7. The summed E-state index contributed by atoms with van der Waals surface area (Å²) in [6, 6.07) is 4.95. The van der Waals surface area contributed by atoms with Gasteiger partial charge >= 0.3 is 0 Å². The largest absolute Gasteiger partial charge is 0.508 e. The number of ether oxygens (including phenoxy) is 2. The molecule has 0 aliphatic carbocycles. The second-order valence-electron chi connectivity index (χ2n) is 6.27. The highest BCUT2D eigenvalue weighted by Crippen LogP contribution is 2.37. The highest BCUT2D eigenvalue weighted by Gasteiger charge is 2.39. The zero-order chi connectivity index (χ0) is 20.6. The molecule has 0 radical (unpaired) electrons. The lowest BCUT2D eigenvalue weighted by atomic mass is 10.00. The molecule has 10 nitrogen and oxygen atoms in total. The molecule has 3 rings (SSSR count). The number of rotatable bonds is 4. The van der Waals surface area contributed by atoms with Crippen molar-refractivity contribution in [3.05, 3.63) is 41.5 Å². The van der Waals surface area contributed by atoms with Gasteiger partial charge in [0.15, 0.2) is 0 Å². The summed E-state index contributed by atoms with van der Waals surface area (Å²) in [7, 11) is 0. The summed E-state index contributed by atoms with van der Waals surface area (Å²) in [5, 5.41) is 68.2. The number of ketones is 1. The first-order valence-electron chi connectivity index (χ1n) is 8.13. The van der Waals surface area contributed by atoms with Crippen molar-refractivity contribution in [2.75, 3.05) is 6.61 Å². The number of hydrogen-bond acceptors (Lipinski definition) is 10. The molecule has 0 saturated carbocycles. The molecule has 2 aromatic rings. The molecule has 150 valence electrons. The lowest BCUT2D eigenvalue weighted by molar-refractivity contribution is -0.242. The van der Waals surface area contributed by atoms with E-state index in [1.54, 1.807) is 0 Å². The molecule has 1 fully saturated rings. The minimum Gasteiger partial charge on any atom is -0.508 e. The number of phenolic OH excluding ortho intramolecular Hbond substituents is 4. The highest BCUT2D eigenvalue weighted by molar-refractivity contribution is 6.13. The molecular formula is C18H18O10. The zero-order valence-corrected chi connectivity index (χ0v) is 14.3. The second kappa shape index (κ2) is 7.52. The fraction of sp³-hybridized carbons (Fsp3) is 0.278. The quantitative estimate of drug-likeness (QED) is 0.336. The van der Waals surface area contributed by atoms with Crippen molar-refractivity contribution >= 4 is 5.78 Å². The van der Waals surface area contributed by atoms with E-state index in [1.165, 1.54) is 0 Å². The van der Waals surface area contributed by atoms with Gasteiger partial charge in [-0.05, 0) is 12.1 Å². The minimum absolute atomic E-state index is 0.191. The number of aliphatic hydroxyl groups excluding tert-OH is 3. The van der Waals surface area contributed by atoms with E-state index in [2.05, 4.69) is 0 Å². The maximum Gasteiger partial charge on any atom is 0.228 e. The standard InChI is InChI=1S/C18H18O10/c19-8-1-7(2-9(20)3-8)15(24)14-11(22)4-10(21)5-13(14)28-18-17(26)16(25)12(23)6-27-18/h1-5,12,16-23,25-26H,6H2/t12-,16-,17+,18-/m0/s1. The summed E-state index contributed by atoms with van der Waals surface area (Å²) < 4.78 is 10.5. The summed E-state index contributed by atoms with van der Waals surface area (Å²) in [6.45, 7) is -0.364. The summed E-state index contributed by atoms with van der Waals surface area (Å²) >= 11 is 0. The molecule has 28 heavy (non-hydrogen) atoms. The van der Waals surface area contributed by atoms with Gasteiger partial charge in [-0.3, -0.25) is 4.79 Å². The maximum absolute atomic E-state index is 12.8. The summed E-state index contributed by atoms with van der Waals surface area (Å²) in [6.07, 6.45) is -6.11. The van der Waals surface area contributed by atoms with Crippen LogP contribution in [0.2, 0.25) is 0 Å². The van der Waals surface area contributed by atoms with Crippen LogP contribution in [0, 0.1) is 0 Å². The Morgan fingerprint density at radius 3 is 2.14 bits per heavy atom. The normalized spacial score (nSPS) is 24.7. The average molecular weight is 394 g/mol. The molecule has 2 aromatic carbocycles.